The van der Waals surface area contributed by atoms with E-state index in [-0.39, 0.29) is 27.8 Å². The van der Waals surface area contributed by atoms with Gasteiger partial charge in [0.25, 0.3) is 0 Å². The first kappa shape index (κ1) is 65.1. The summed E-state index contributed by atoms with van der Waals surface area (Å²) >= 11 is 0. The fraction of sp³-hybridized carbons (Fsp3) is 0.391. The molecule has 3 aliphatic rings. The van der Waals surface area contributed by atoms with Crippen molar-refractivity contribution in [3.63, 3.8) is 0 Å². The van der Waals surface area contributed by atoms with E-state index in [4.69, 9.17) is 66.3 Å². The Morgan fingerprint density at radius 1 is 0.375 bits per heavy atom. The van der Waals surface area contributed by atoms with Crippen molar-refractivity contribution in [3.8, 4) is 0 Å². The first-order valence-corrected chi connectivity index (χ1v) is 28.0. The minimum absolute atomic E-state index is 0.00469. The number of aliphatic hydroxyl groups excluding tert-OH is 1. The van der Waals surface area contributed by atoms with Gasteiger partial charge in [-0.3, -0.25) is 19.2 Å². The van der Waals surface area contributed by atoms with Crippen LogP contribution in [-0.4, -0.2) is 164 Å². The highest BCUT2D eigenvalue weighted by molar-refractivity contribution is 5.92. The van der Waals surface area contributed by atoms with Crippen molar-refractivity contribution in [2.45, 2.75) is 141 Å². The monoisotopic (exact) mass is 1220 g/mol. The van der Waals surface area contributed by atoms with Gasteiger partial charge in [0.05, 0.1) is 39.3 Å². The summed E-state index contributed by atoms with van der Waals surface area (Å²) in [4.78, 5) is 124. The van der Waals surface area contributed by atoms with Gasteiger partial charge in [0.15, 0.2) is 61.6 Å². The lowest BCUT2D eigenvalue weighted by molar-refractivity contribution is -0.381. The second kappa shape index (κ2) is 29.7. The zero-order chi connectivity index (χ0) is 63.2. The predicted molar refractivity (Wildman–Crippen MR) is 300 cm³/mol. The number of hydrogen-bond donors (Lipinski definition) is 1. The van der Waals surface area contributed by atoms with Crippen LogP contribution in [0.4, 0.5) is 0 Å². The Kier molecular flexibility index (Phi) is 21.9. The van der Waals surface area contributed by atoms with Gasteiger partial charge in [-0.15, -0.1) is 0 Å². The molecule has 3 heterocycles. The molecule has 5 aromatic carbocycles. The molecule has 0 unspecified atom stereocenters. The van der Waals surface area contributed by atoms with E-state index in [2.05, 4.69) is 0 Å². The van der Waals surface area contributed by atoms with E-state index in [0.717, 1.165) is 20.8 Å². The van der Waals surface area contributed by atoms with E-state index in [9.17, 15) is 48.3 Å². The van der Waals surface area contributed by atoms with Gasteiger partial charge in [0.1, 0.15) is 37.6 Å². The Morgan fingerprint density at radius 3 is 1.15 bits per heavy atom. The van der Waals surface area contributed by atoms with Crippen molar-refractivity contribution in [2.24, 2.45) is 5.41 Å². The Morgan fingerprint density at radius 2 is 0.705 bits per heavy atom. The zero-order valence-electron chi connectivity index (χ0n) is 48.8. The fourth-order valence-corrected chi connectivity index (χ4v) is 9.64. The maximum Gasteiger partial charge on any atom is 0.338 e. The molecular formula is C64H66O24. The third kappa shape index (κ3) is 16.8. The van der Waals surface area contributed by atoms with E-state index < -0.39 is 164 Å². The number of carbonyl (C=O) groups excluding carboxylic acids is 9. The van der Waals surface area contributed by atoms with Crippen LogP contribution in [0.15, 0.2) is 152 Å². The molecule has 1 N–H and O–H groups in total. The molecule has 5 aromatic rings. The van der Waals surface area contributed by atoms with Gasteiger partial charge < -0.3 is 71.4 Å². The largest absolute Gasteiger partial charge is 0.462 e. The lowest BCUT2D eigenvalue weighted by Crippen LogP contribution is -2.68. The quantitative estimate of drug-likeness (QED) is 0.0681. The summed E-state index contributed by atoms with van der Waals surface area (Å²) in [5.74, 6) is -8.74. The summed E-state index contributed by atoms with van der Waals surface area (Å²) in [6, 6.07) is 37.8. The maximum atomic E-state index is 14.7. The summed E-state index contributed by atoms with van der Waals surface area (Å²) in [6.45, 7) is 7.53. The minimum Gasteiger partial charge on any atom is -0.462 e. The zero-order valence-corrected chi connectivity index (χ0v) is 48.8. The van der Waals surface area contributed by atoms with Crippen molar-refractivity contribution < 1.29 is 115 Å². The van der Waals surface area contributed by atoms with Crippen molar-refractivity contribution in [1.82, 2.24) is 0 Å². The highest BCUT2D eigenvalue weighted by Gasteiger charge is 2.60. The number of hydrogen-bond acceptors (Lipinski definition) is 24. The van der Waals surface area contributed by atoms with Crippen LogP contribution in [0.5, 0.6) is 0 Å². The topological polar surface area (TPSA) is 303 Å². The first-order valence-electron chi connectivity index (χ1n) is 28.0. The molecule has 0 amide bonds. The second-order valence-electron chi connectivity index (χ2n) is 21.5. The fourth-order valence-electron chi connectivity index (χ4n) is 9.64. The van der Waals surface area contributed by atoms with Crippen LogP contribution in [0.1, 0.15) is 100 Å². The Labute approximate surface area is 505 Å². The van der Waals surface area contributed by atoms with Gasteiger partial charge >= 0.3 is 53.7 Å². The van der Waals surface area contributed by atoms with Crippen LogP contribution in [0.2, 0.25) is 0 Å². The number of benzene rings is 5. The molecule has 88 heavy (non-hydrogen) atoms. The Balaban J connectivity index is 1.33. The first-order chi connectivity index (χ1) is 42.1. The smallest absolute Gasteiger partial charge is 0.338 e. The van der Waals surface area contributed by atoms with Gasteiger partial charge in [-0.2, -0.15) is 0 Å². The summed E-state index contributed by atoms with van der Waals surface area (Å²) in [5, 5.41) is 12.2. The van der Waals surface area contributed by atoms with Crippen molar-refractivity contribution >= 4 is 53.7 Å². The molecule has 0 aromatic heterocycles. The highest BCUT2D eigenvalue weighted by Crippen LogP contribution is 2.39. The van der Waals surface area contributed by atoms with Gasteiger partial charge in [-0.05, 0) is 88.4 Å². The molecule has 3 fully saturated rings. The van der Waals surface area contributed by atoms with E-state index in [0.29, 0.717) is 0 Å². The van der Waals surface area contributed by atoms with Crippen molar-refractivity contribution in [2.75, 3.05) is 13.2 Å². The van der Waals surface area contributed by atoms with E-state index >= 15 is 0 Å². The number of ether oxygens (including phenoxy) is 14. The van der Waals surface area contributed by atoms with E-state index in [1.165, 1.54) is 104 Å². The molecule has 0 radical (unpaired) electrons. The number of rotatable bonds is 20. The van der Waals surface area contributed by atoms with Crippen LogP contribution < -0.4 is 0 Å². The summed E-state index contributed by atoms with van der Waals surface area (Å²) in [7, 11) is 0. The highest BCUT2D eigenvalue weighted by atomic mass is 16.8. The summed E-state index contributed by atoms with van der Waals surface area (Å²) < 4.78 is 86.5. The van der Waals surface area contributed by atoms with Gasteiger partial charge in [0.2, 0.25) is 0 Å². The van der Waals surface area contributed by atoms with Crippen LogP contribution in [0.3, 0.4) is 0 Å². The molecule has 24 nitrogen and oxygen atoms in total. The van der Waals surface area contributed by atoms with Gasteiger partial charge in [-0.25, -0.2) is 24.0 Å². The maximum absolute atomic E-state index is 14.7. The molecular weight excluding hydrogens is 1150 g/mol. The standard InChI is InChI=1S/C64H66O24/c1-35-46(78-36(2)65)49(79-37(3)66)53(80-38(4)67)61(77-35)88-50-48(44(34-76-63(74)64(5,6)7)81-60(73)52(50)85-58(71)42-29-19-11-20-30-42)87-62-54(86-59(72)43-31-21-12-22-32-43)51(84-57(70)41-27-17-10-18-28-41)47(83-56(69)40-25-15-9-16-26-40)45(82-62)33-75-55(68)39-23-13-8-14-24-39/h8-32,35,44-54,60-62,73H,33-34H2,1-7H3/t35-,44+,45+,46+,47-,48+,49+,50-,51-,52+,53-,54+,60-,61-,62-/m0/s1. The van der Waals surface area contributed by atoms with Gasteiger partial charge in [-0.1, -0.05) is 91.0 Å². The van der Waals surface area contributed by atoms with Crippen molar-refractivity contribution in [1.29, 1.82) is 0 Å². The predicted octanol–water partition coefficient (Wildman–Crippen LogP) is 6.09. The molecule has 3 aliphatic heterocycles. The Hall–Kier alpha value is -8.91. The molecule has 8 rings (SSSR count). The Bertz CT molecular complexity index is 3210. The third-order valence-corrected chi connectivity index (χ3v) is 13.8. The normalized spacial score (nSPS) is 26.8. The molecule has 466 valence electrons. The van der Waals surface area contributed by atoms with Crippen molar-refractivity contribution in [3.05, 3.63) is 179 Å². The lowest BCUT2D eigenvalue weighted by Gasteiger charge is -2.50. The molecule has 24 heteroatoms. The average molecular weight is 1220 g/mol. The SMILES string of the molecule is CC(=O)O[C@H]1[C@H](OC(C)=O)[C@H](O[C@@H]2[C@@H](OC(=O)c3ccccc3)[C@@H](O)O[C@H](COC(=O)C(C)(C)C)[C@H]2O[C@@H]2O[C@H](COC(=O)c3ccccc3)[C@H](OC(=O)c3ccccc3)[C@H](OC(=O)c3ccccc3)[C@H]2OC(=O)c2ccccc2)O[C@@H](C)[C@H]1OC(C)=O. The molecule has 0 spiro atoms. The number of carbonyl (C=O) groups is 9. The molecule has 0 bridgehead atoms. The molecule has 3 saturated heterocycles. The van der Waals surface area contributed by atoms with Crippen LogP contribution in [-0.2, 0) is 85.5 Å². The number of aliphatic hydroxyl groups is 1. The number of esters is 9. The van der Waals surface area contributed by atoms with Crippen LogP contribution >= 0.6 is 0 Å². The minimum atomic E-state index is -2.24. The molecule has 0 aliphatic carbocycles. The van der Waals surface area contributed by atoms with Crippen LogP contribution in [0.25, 0.3) is 0 Å². The average Bonchev–Trinajstić information content (AvgIpc) is 0.939. The second-order valence-corrected chi connectivity index (χ2v) is 21.5. The third-order valence-electron chi connectivity index (χ3n) is 13.8. The summed E-state index contributed by atoms with van der Waals surface area (Å²) in [5.41, 5.74) is -1.26. The molecule has 0 saturated carbocycles. The van der Waals surface area contributed by atoms with Gasteiger partial charge in [0, 0.05) is 20.8 Å². The molecule has 15 atom stereocenters. The van der Waals surface area contributed by atoms with E-state index in [1.54, 1.807) is 75.4 Å². The van der Waals surface area contributed by atoms with E-state index in [1.807, 2.05) is 0 Å². The lowest BCUT2D eigenvalue weighted by atomic mass is 9.94. The van der Waals surface area contributed by atoms with Crippen LogP contribution in [0, 0.1) is 5.41 Å². The summed E-state index contributed by atoms with van der Waals surface area (Å²) in [6.07, 6.45) is -28.4.